The van der Waals surface area contributed by atoms with E-state index in [1.54, 1.807) is 6.92 Å². The summed E-state index contributed by atoms with van der Waals surface area (Å²) in [7, 11) is -1.99. The predicted molar refractivity (Wildman–Crippen MR) is 60.2 cm³/mol. The van der Waals surface area contributed by atoms with Crippen LogP contribution >= 0.6 is 0 Å². The number of nitrogens with zero attached hydrogens (tertiary/aromatic N) is 2. The molecule has 0 bridgehead atoms. The van der Waals surface area contributed by atoms with Crippen LogP contribution in [0.1, 0.15) is 26.2 Å². The molecule has 5 nitrogen and oxygen atoms in total. The third kappa shape index (κ3) is 2.94. The maximum absolute atomic E-state index is 11.9. The minimum absolute atomic E-state index is 0.0176. The lowest BCUT2D eigenvalue weighted by Gasteiger charge is -2.22. The van der Waals surface area contributed by atoms with E-state index >= 15 is 0 Å². The van der Waals surface area contributed by atoms with Crippen LogP contribution in [0.2, 0.25) is 0 Å². The van der Waals surface area contributed by atoms with Crippen LogP contribution in [0.4, 0.5) is 0 Å². The molecule has 2 unspecified atom stereocenters. The van der Waals surface area contributed by atoms with Crippen molar-refractivity contribution < 1.29 is 13.2 Å². The summed E-state index contributed by atoms with van der Waals surface area (Å²) in [6, 6.07) is 1.83. The van der Waals surface area contributed by atoms with Gasteiger partial charge in [-0.1, -0.05) is 6.92 Å². The molecule has 1 fully saturated rings. The van der Waals surface area contributed by atoms with E-state index in [-0.39, 0.29) is 6.10 Å². The highest BCUT2D eigenvalue weighted by Crippen LogP contribution is 2.16. The highest BCUT2D eigenvalue weighted by atomic mass is 32.2. The molecule has 1 saturated heterocycles. The van der Waals surface area contributed by atoms with E-state index in [9.17, 15) is 8.42 Å². The van der Waals surface area contributed by atoms with Crippen molar-refractivity contribution in [3.8, 4) is 6.07 Å². The van der Waals surface area contributed by atoms with Crippen LogP contribution in [-0.2, 0) is 14.8 Å². The number of nitriles is 1. The quantitative estimate of drug-likeness (QED) is 0.717. The standard InChI is InChI=1S/C10H18N2O3S/c1-3-10(7-11)16(13,14)12(2)8-9-5-4-6-15-9/h9-10H,3-6,8H2,1-2H3. The molecule has 16 heavy (non-hydrogen) atoms. The lowest BCUT2D eigenvalue weighted by Crippen LogP contribution is -2.39. The van der Waals surface area contributed by atoms with E-state index < -0.39 is 15.3 Å². The normalized spacial score (nSPS) is 23.2. The summed E-state index contributed by atoms with van der Waals surface area (Å²) in [5.41, 5.74) is 0. The fraction of sp³-hybridized carbons (Fsp3) is 0.900. The molecular weight excluding hydrogens is 228 g/mol. The predicted octanol–water partition coefficient (Wildman–Crippen LogP) is 0.729. The van der Waals surface area contributed by atoms with E-state index in [2.05, 4.69) is 0 Å². The van der Waals surface area contributed by atoms with Crippen molar-refractivity contribution in [3.63, 3.8) is 0 Å². The molecule has 0 radical (unpaired) electrons. The highest BCUT2D eigenvalue weighted by Gasteiger charge is 2.30. The molecule has 1 aliphatic heterocycles. The van der Waals surface area contributed by atoms with E-state index in [4.69, 9.17) is 10.00 Å². The van der Waals surface area contributed by atoms with Crippen molar-refractivity contribution in [2.45, 2.75) is 37.5 Å². The van der Waals surface area contributed by atoms with Gasteiger partial charge in [0.2, 0.25) is 10.0 Å². The van der Waals surface area contributed by atoms with Gasteiger partial charge in [0.1, 0.15) is 0 Å². The van der Waals surface area contributed by atoms with Gasteiger partial charge in [-0.2, -0.15) is 5.26 Å². The monoisotopic (exact) mass is 246 g/mol. The topological polar surface area (TPSA) is 70.4 Å². The Morgan fingerprint density at radius 3 is 2.75 bits per heavy atom. The average molecular weight is 246 g/mol. The Morgan fingerprint density at radius 1 is 1.62 bits per heavy atom. The molecule has 0 aromatic rings. The molecule has 2 atom stereocenters. The lowest BCUT2D eigenvalue weighted by atomic mass is 10.2. The molecule has 0 aromatic heterocycles. The Kier molecular flexibility index (Phi) is 4.71. The fourth-order valence-corrected chi connectivity index (χ4v) is 3.13. The molecular formula is C10H18N2O3S. The maximum Gasteiger partial charge on any atom is 0.230 e. The highest BCUT2D eigenvalue weighted by molar-refractivity contribution is 7.89. The van der Waals surface area contributed by atoms with Crippen molar-refractivity contribution in [2.24, 2.45) is 0 Å². The van der Waals surface area contributed by atoms with Crippen LogP contribution in [0.25, 0.3) is 0 Å². The third-order valence-corrected chi connectivity index (χ3v) is 4.97. The first-order valence-electron chi connectivity index (χ1n) is 5.48. The zero-order valence-corrected chi connectivity index (χ0v) is 10.5. The summed E-state index contributed by atoms with van der Waals surface area (Å²) < 4.78 is 30.5. The summed E-state index contributed by atoms with van der Waals surface area (Å²) in [5.74, 6) is 0. The number of ether oxygens (including phenoxy) is 1. The SMILES string of the molecule is CCC(C#N)S(=O)(=O)N(C)CC1CCCO1. The van der Waals surface area contributed by atoms with E-state index in [1.807, 2.05) is 6.07 Å². The smallest absolute Gasteiger partial charge is 0.230 e. The molecule has 0 saturated carbocycles. The zero-order valence-electron chi connectivity index (χ0n) is 9.72. The number of sulfonamides is 1. The Bertz CT molecular complexity index is 355. The van der Waals surface area contributed by atoms with Gasteiger partial charge in [0.15, 0.2) is 5.25 Å². The van der Waals surface area contributed by atoms with Gasteiger partial charge in [0.25, 0.3) is 0 Å². The van der Waals surface area contributed by atoms with Gasteiger partial charge in [-0.3, -0.25) is 0 Å². The van der Waals surface area contributed by atoms with Gasteiger partial charge >= 0.3 is 0 Å². The van der Waals surface area contributed by atoms with Crippen molar-refractivity contribution in [2.75, 3.05) is 20.2 Å². The van der Waals surface area contributed by atoms with E-state index in [1.165, 1.54) is 11.4 Å². The second kappa shape index (κ2) is 5.62. The molecule has 6 heteroatoms. The minimum Gasteiger partial charge on any atom is -0.377 e. The van der Waals surface area contributed by atoms with E-state index in [0.29, 0.717) is 19.6 Å². The van der Waals surface area contributed by atoms with Gasteiger partial charge in [-0.15, -0.1) is 0 Å². The van der Waals surface area contributed by atoms with Crippen LogP contribution in [-0.4, -0.2) is 44.3 Å². The van der Waals surface area contributed by atoms with Gasteiger partial charge in [-0.25, -0.2) is 12.7 Å². The summed E-state index contributed by atoms with van der Waals surface area (Å²) in [6.07, 6.45) is 2.17. The van der Waals surface area contributed by atoms with Crippen LogP contribution in [0.15, 0.2) is 0 Å². The molecule has 1 aliphatic rings. The Morgan fingerprint density at radius 2 is 2.31 bits per heavy atom. The molecule has 0 spiro atoms. The number of likely N-dealkylation sites (N-methyl/N-ethyl adjacent to an activating group) is 1. The molecule has 0 aromatic carbocycles. The van der Waals surface area contributed by atoms with Crippen molar-refractivity contribution in [1.82, 2.24) is 4.31 Å². The van der Waals surface area contributed by atoms with Gasteiger partial charge < -0.3 is 4.74 Å². The van der Waals surface area contributed by atoms with E-state index in [0.717, 1.165) is 12.8 Å². The van der Waals surface area contributed by atoms with Crippen LogP contribution in [0.5, 0.6) is 0 Å². The summed E-state index contributed by atoms with van der Waals surface area (Å²) in [6.45, 7) is 2.75. The fourth-order valence-electron chi connectivity index (χ4n) is 1.76. The van der Waals surface area contributed by atoms with Crippen LogP contribution < -0.4 is 0 Å². The Balaban J connectivity index is 2.64. The first kappa shape index (κ1) is 13.4. The Labute approximate surface area is 97.0 Å². The molecule has 92 valence electrons. The minimum atomic E-state index is -3.50. The molecule has 0 N–H and O–H groups in total. The zero-order chi connectivity index (χ0) is 12.2. The molecule has 0 amide bonds. The number of hydrogen-bond acceptors (Lipinski definition) is 4. The second-order valence-corrected chi connectivity index (χ2v) is 6.21. The van der Waals surface area contributed by atoms with Gasteiger partial charge in [0.05, 0.1) is 12.2 Å². The summed E-state index contributed by atoms with van der Waals surface area (Å²) in [5, 5.41) is 7.84. The van der Waals surface area contributed by atoms with Crippen molar-refractivity contribution in [3.05, 3.63) is 0 Å². The second-order valence-electron chi connectivity index (χ2n) is 3.99. The first-order valence-corrected chi connectivity index (χ1v) is 6.99. The van der Waals surface area contributed by atoms with Gasteiger partial charge in [0, 0.05) is 20.2 Å². The van der Waals surface area contributed by atoms with Gasteiger partial charge in [-0.05, 0) is 19.3 Å². The number of hydrogen-bond donors (Lipinski definition) is 0. The largest absolute Gasteiger partial charge is 0.377 e. The first-order chi connectivity index (χ1) is 7.52. The summed E-state index contributed by atoms with van der Waals surface area (Å²) in [4.78, 5) is 0. The third-order valence-electron chi connectivity index (χ3n) is 2.79. The lowest BCUT2D eigenvalue weighted by molar-refractivity contribution is 0.0978. The van der Waals surface area contributed by atoms with Crippen molar-refractivity contribution in [1.29, 1.82) is 5.26 Å². The average Bonchev–Trinajstić information content (AvgIpc) is 2.71. The molecule has 1 heterocycles. The number of rotatable bonds is 5. The molecule has 0 aliphatic carbocycles. The summed E-state index contributed by atoms with van der Waals surface area (Å²) >= 11 is 0. The Hall–Kier alpha value is -0.640. The van der Waals surface area contributed by atoms with Crippen LogP contribution in [0, 0.1) is 11.3 Å². The van der Waals surface area contributed by atoms with Crippen LogP contribution in [0.3, 0.4) is 0 Å². The molecule has 1 rings (SSSR count). The maximum atomic E-state index is 11.9. The van der Waals surface area contributed by atoms with Crippen molar-refractivity contribution >= 4 is 10.0 Å².